The topological polar surface area (TPSA) is 135 Å². The van der Waals surface area contributed by atoms with Gasteiger partial charge < -0.3 is 15.4 Å². The summed E-state index contributed by atoms with van der Waals surface area (Å²) < 4.78 is 4.69. The van der Waals surface area contributed by atoms with Gasteiger partial charge in [0.15, 0.2) is 11.4 Å². The maximum atomic E-state index is 12.9. The summed E-state index contributed by atoms with van der Waals surface area (Å²) in [6.45, 7) is 0.100. The van der Waals surface area contributed by atoms with E-state index in [1.807, 2.05) is 12.1 Å². The van der Waals surface area contributed by atoms with E-state index in [4.69, 9.17) is 4.74 Å². The second-order valence-electron chi connectivity index (χ2n) is 6.59. The highest BCUT2D eigenvalue weighted by Gasteiger charge is 2.27. The molecule has 1 aliphatic rings. The van der Waals surface area contributed by atoms with E-state index in [1.165, 1.54) is 13.4 Å². The number of aromatic nitrogens is 5. The highest BCUT2D eigenvalue weighted by Crippen LogP contribution is 2.39. The fourth-order valence-electron chi connectivity index (χ4n) is 2.86. The second-order valence-corrected chi connectivity index (χ2v) is 6.59. The van der Waals surface area contributed by atoms with Crippen LogP contribution < -0.4 is 10.6 Å². The fraction of sp³-hybridized carbons (Fsp3) is 0.263. The van der Waals surface area contributed by atoms with Gasteiger partial charge in [-0.05, 0) is 25.0 Å². The van der Waals surface area contributed by atoms with Crippen molar-refractivity contribution in [3.8, 4) is 0 Å². The van der Waals surface area contributed by atoms with Crippen LogP contribution in [-0.4, -0.2) is 44.1 Å². The molecule has 0 unspecified atom stereocenters. The molecule has 0 aromatic carbocycles. The molecule has 1 saturated carbocycles. The third-order valence-electron chi connectivity index (χ3n) is 4.50. The van der Waals surface area contributed by atoms with Gasteiger partial charge in [0.25, 0.3) is 5.91 Å². The Balaban J connectivity index is 1.55. The Morgan fingerprint density at radius 3 is 2.72 bits per heavy atom. The molecule has 0 aliphatic heterocycles. The molecule has 29 heavy (non-hydrogen) atoms. The monoisotopic (exact) mass is 393 g/mol. The van der Waals surface area contributed by atoms with Gasteiger partial charge in [0.1, 0.15) is 6.33 Å². The number of nitrogens with one attached hydrogen (secondary N) is 3. The van der Waals surface area contributed by atoms with E-state index in [2.05, 4.69) is 35.8 Å². The number of pyridine rings is 1. The maximum Gasteiger partial charge on any atom is 0.358 e. The van der Waals surface area contributed by atoms with Gasteiger partial charge in [-0.25, -0.2) is 19.7 Å². The summed E-state index contributed by atoms with van der Waals surface area (Å²) in [7, 11) is 1.28. The molecule has 3 aromatic rings. The van der Waals surface area contributed by atoms with E-state index in [9.17, 15) is 9.59 Å². The molecule has 0 atom stereocenters. The number of amides is 1. The Hall–Kier alpha value is -3.82. The van der Waals surface area contributed by atoms with E-state index in [1.54, 1.807) is 18.6 Å². The zero-order chi connectivity index (χ0) is 20.2. The number of carbonyl (C=O) groups is 2. The zero-order valence-corrected chi connectivity index (χ0v) is 15.7. The molecule has 10 nitrogen and oxygen atoms in total. The quantitative estimate of drug-likeness (QED) is 0.518. The Labute approximate surface area is 166 Å². The molecular formula is C19H19N7O3. The van der Waals surface area contributed by atoms with Crippen molar-refractivity contribution >= 4 is 23.3 Å². The predicted molar refractivity (Wildman–Crippen MR) is 103 cm³/mol. The van der Waals surface area contributed by atoms with Crippen LogP contribution in [0.4, 0.5) is 11.4 Å². The molecule has 3 heterocycles. The minimum absolute atomic E-state index is 0.100. The van der Waals surface area contributed by atoms with Crippen LogP contribution in [0.5, 0.6) is 0 Å². The minimum atomic E-state index is -0.573. The van der Waals surface area contributed by atoms with Crippen molar-refractivity contribution in [2.45, 2.75) is 25.3 Å². The van der Waals surface area contributed by atoms with Crippen molar-refractivity contribution in [3.05, 3.63) is 59.7 Å². The number of H-pyrrole nitrogens is 1. The lowest BCUT2D eigenvalue weighted by molar-refractivity contribution is 0.0592. The lowest BCUT2D eigenvalue weighted by atomic mass is 10.2. The molecule has 10 heteroatoms. The number of ether oxygens (including phenoxy) is 1. The van der Waals surface area contributed by atoms with Gasteiger partial charge >= 0.3 is 5.97 Å². The first-order valence-electron chi connectivity index (χ1n) is 9.08. The Bertz CT molecular complexity index is 1030. The van der Waals surface area contributed by atoms with Gasteiger partial charge in [0.05, 0.1) is 30.9 Å². The number of hydrogen-bond acceptors (Lipinski definition) is 8. The normalized spacial score (nSPS) is 13.0. The summed E-state index contributed by atoms with van der Waals surface area (Å²) >= 11 is 0. The van der Waals surface area contributed by atoms with Crippen molar-refractivity contribution < 1.29 is 14.3 Å². The van der Waals surface area contributed by atoms with Crippen molar-refractivity contribution in [1.82, 2.24) is 30.5 Å². The molecular weight excluding hydrogens is 374 g/mol. The predicted octanol–water partition coefficient (Wildman–Crippen LogP) is 1.93. The van der Waals surface area contributed by atoms with Crippen LogP contribution in [0, 0.1) is 0 Å². The number of carbonyl (C=O) groups excluding carboxylic acids is 2. The first-order valence-corrected chi connectivity index (χ1v) is 9.08. The fourth-order valence-corrected chi connectivity index (χ4v) is 2.86. The average Bonchev–Trinajstić information content (AvgIpc) is 3.50. The van der Waals surface area contributed by atoms with Gasteiger partial charge in [0, 0.05) is 29.9 Å². The van der Waals surface area contributed by atoms with Crippen LogP contribution in [0.25, 0.3) is 0 Å². The molecule has 148 valence electrons. The number of rotatable bonds is 7. The summed E-state index contributed by atoms with van der Waals surface area (Å²) in [5.74, 6) is -0.546. The largest absolute Gasteiger partial charge is 0.464 e. The van der Waals surface area contributed by atoms with Gasteiger partial charge in [-0.15, -0.1) is 0 Å². The first kappa shape index (κ1) is 18.5. The molecule has 0 saturated heterocycles. The van der Waals surface area contributed by atoms with E-state index in [0.717, 1.165) is 18.5 Å². The molecule has 1 aliphatic carbocycles. The molecule has 1 fully saturated rings. The number of nitrogens with zero attached hydrogens (tertiary/aromatic N) is 4. The minimum Gasteiger partial charge on any atom is -0.464 e. The van der Waals surface area contributed by atoms with Crippen molar-refractivity contribution in [2.24, 2.45) is 0 Å². The number of hydrogen-bond donors (Lipinski definition) is 3. The first-order chi connectivity index (χ1) is 14.2. The summed E-state index contributed by atoms with van der Waals surface area (Å²) in [6.07, 6.45) is 8.34. The van der Waals surface area contributed by atoms with Gasteiger partial charge in [-0.1, -0.05) is 0 Å². The number of anilines is 2. The van der Waals surface area contributed by atoms with Crippen LogP contribution >= 0.6 is 0 Å². The van der Waals surface area contributed by atoms with E-state index < -0.39 is 5.97 Å². The molecule has 4 rings (SSSR count). The lowest BCUT2D eigenvalue weighted by Gasteiger charge is -2.13. The van der Waals surface area contributed by atoms with Crippen LogP contribution in [-0.2, 0) is 11.3 Å². The van der Waals surface area contributed by atoms with E-state index in [0.29, 0.717) is 22.9 Å². The zero-order valence-electron chi connectivity index (χ0n) is 15.7. The van der Waals surface area contributed by atoms with Crippen molar-refractivity contribution in [2.75, 3.05) is 12.4 Å². The Morgan fingerprint density at radius 2 is 2.00 bits per heavy atom. The van der Waals surface area contributed by atoms with Gasteiger partial charge in [0.2, 0.25) is 0 Å². The molecule has 0 spiro atoms. The van der Waals surface area contributed by atoms with Crippen molar-refractivity contribution in [1.29, 1.82) is 0 Å². The molecule has 3 aromatic heterocycles. The lowest BCUT2D eigenvalue weighted by Crippen LogP contribution is -2.26. The smallest absolute Gasteiger partial charge is 0.358 e. The van der Waals surface area contributed by atoms with Crippen molar-refractivity contribution in [3.63, 3.8) is 0 Å². The summed E-state index contributed by atoms with van der Waals surface area (Å²) in [4.78, 5) is 37.2. The van der Waals surface area contributed by atoms with Crippen LogP contribution in [0.15, 0.2) is 37.1 Å². The second kappa shape index (κ2) is 8.05. The molecule has 1 amide bonds. The number of methoxy groups -OCH3 is 1. The third kappa shape index (κ3) is 4.21. The molecule has 3 N–H and O–H groups in total. The van der Waals surface area contributed by atoms with E-state index >= 15 is 0 Å². The summed E-state index contributed by atoms with van der Waals surface area (Å²) in [5, 5.41) is 12.4. The number of esters is 1. The highest BCUT2D eigenvalue weighted by molar-refractivity contribution is 5.98. The maximum absolute atomic E-state index is 12.9. The van der Waals surface area contributed by atoms with Gasteiger partial charge in [-0.2, -0.15) is 5.10 Å². The Kier molecular flexibility index (Phi) is 5.14. The van der Waals surface area contributed by atoms with Crippen LogP contribution in [0.2, 0.25) is 0 Å². The third-order valence-corrected chi connectivity index (χ3v) is 4.50. The average molecular weight is 393 g/mol. The van der Waals surface area contributed by atoms with Gasteiger partial charge in [-0.3, -0.25) is 9.89 Å². The van der Waals surface area contributed by atoms with E-state index in [-0.39, 0.29) is 23.8 Å². The summed E-state index contributed by atoms with van der Waals surface area (Å²) in [5.41, 5.74) is 3.00. The number of aromatic amines is 1. The van der Waals surface area contributed by atoms with Crippen LogP contribution in [0.1, 0.15) is 51.0 Å². The SMILES string of the molecule is COC(=O)c1n[nH]cc1CNC(=O)c1nc(C2CC2)ccc1Nc1cncnc1. The standard InChI is InChI=1S/C19H19N7O3/c1-29-19(28)16-12(7-23-26-16)6-22-18(27)17-15(24-13-8-20-10-21-9-13)5-4-14(25-17)11-2-3-11/h4-5,7-11,24H,2-3,6H2,1H3,(H,22,27)(H,23,26). The summed E-state index contributed by atoms with van der Waals surface area (Å²) in [6, 6.07) is 3.76. The highest BCUT2D eigenvalue weighted by atomic mass is 16.5. The van der Waals surface area contributed by atoms with Crippen LogP contribution in [0.3, 0.4) is 0 Å². The molecule has 0 bridgehead atoms. The Morgan fingerprint density at radius 1 is 1.21 bits per heavy atom. The molecule has 0 radical (unpaired) electrons.